The number of rotatable bonds is 4. The average Bonchev–Trinajstić information content (AvgIpc) is 3.30. The smallest absolute Gasteiger partial charge is 0.160 e. The molecule has 0 bridgehead atoms. The first kappa shape index (κ1) is 15.8. The zero-order valence-electron chi connectivity index (χ0n) is 13.5. The summed E-state index contributed by atoms with van der Waals surface area (Å²) in [5.74, 6) is 0.615. The van der Waals surface area contributed by atoms with E-state index >= 15 is 0 Å². The van der Waals surface area contributed by atoms with Crippen LogP contribution in [0.5, 0.6) is 0 Å². The summed E-state index contributed by atoms with van der Waals surface area (Å²) < 4.78 is 0.957. The van der Waals surface area contributed by atoms with Crippen LogP contribution < -0.4 is 11.5 Å². The van der Waals surface area contributed by atoms with Crippen LogP contribution in [0.4, 0.5) is 0 Å². The van der Waals surface area contributed by atoms with Crippen molar-refractivity contribution in [3.05, 3.63) is 48.0 Å². The summed E-state index contributed by atoms with van der Waals surface area (Å²) in [6.45, 7) is 1.88. The number of nitrogens with zero attached hydrogens (tertiary/aromatic N) is 4. The molecule has 0 saturated carbocycles. The van der Waals surface area contributed by atoms with Gasteiger partial charge in [0, 0.05) is 46.7 Å². The summed E-state index contributed by atoms with van der Waals surface area (Å²) in [7, 11) is 0. The predicted octanol–water partition coefficient (Wildman–Crippen LogP) is 2.49. The second kappa shape index (κ2) is 6.32. The van der Waals surface area contributed by atoms with Gasteiger partial charge in [-0.2, -0.15) is 5.10 Å². The summed E-state index contributed by atoms with van der Waals surface area (Å²) >= 11 is 1.57. The van der Waals surface area contributed by atoms with Gasteiger partial charge < -0.3 is 11.5 Å². The van der Waals surface area contributed by atoms with E-state index in [2.05, 4.69) is 20.6 Å². The molecule has 0 fully saturated rings. The third-order valence-electron chi connectivity index (χ3n) is 4.07. The quantitative estimate of drug-likeness (QED) is 0.519. The van der Waals surface area contributed by atoms with E-state index in [4.69, 9.17) is 21.4 Å². The normalized spacial score (nSPS) is 13.9. The number of hydrogen-bond donors (Lipinski definition) is 3. The lowest BCUT2D eigenvalue weighted by Gasteiger charge is -2.16. The third-order valence-corrected chi connectivity index (χ3v) is 5.06. The first-order valence-electron chi connectivity index (χ1n) is 7.85. The van der Waals surface area contributed by atoms with Gasteiger partial charge >= 0.3 is 0 Å². The van der Waals surface area contributed by atoms with Gasteiger partial charge in [-0.25, -0.2) is 9.97 Å². The molecule has 4 aromatic heterocycles. The monoisotopic (exact) mass is 351 g/mol. The first-order valence-corrected chi connectivity index (χ1v) is 8.73. The molecule has 0 aromatic carbocycles. The van der Waals surface area contributed by atoms with Crippen LogP contribution in [-0.4, -0.2) is 31.2 Å². The number of aromatic nitrogens is 5. The summed E-state index contributed by atoms with van der Waals surface area (Å²) in [5, 5.41) is 8.93. The highest BCUT2D eigenvalue weighted by molar-refractivity contribution is 7.17. The summed E-state index contributed by atoms with van der Waals surface area (Å²) in [6.07, 6.45) is 7.07. The Hall–Kier alpha value is -2.68. The topological polar surface area (TPSA) is 119 Å². The molecular formula is C17H17N7S. The SMILES string of the molecule is CC(N)C(N)c1nc(-c2ccncc2)nc2c(-c3cn[nH]c3)csc12. The summed E-state index contributed by atoms with van der Waals surface area (Å²) in [4.78, 5) is 13.6. The highest BCUT2D eigenvalue weighted by Crippen LogP contribution is 2.36. The van der Waals surface area contributed by atoms with Crippen LogP contribution in [0.15, 0.2) is 42.3 Å². The molecule has 0 radical (unpaired) electrons. The minimum absolute atomic E-state index is 0.220. The highest BCUT2D eigenvalue weighted by atomic mass is 32.1. The molecule has 8 heteroatoms. The van der Waals surface area contributed by atoms with Crippen molar-refractivity contribution in [2.24, 2.45) is 11.5 Å². The van der Waals surface area contributed by atoms with Crippen LogP contribution in [0.2, 0.25) is 0 Å². The van der Waals surface area contributed by atoms with E-state index < -0.39 is 0 Å². The van der Waals surface area contributed by atoms with E-state index in [1.807, 2.05) is 25.3 Å². The van der Waals surface area contributed by atoms with E-state index in [-0.39, 0.29) is 12.1 Å². The van der Waals surface area contributed by atoms with Gasteiger partial charge in [-0.05, 0) is 19.1 Å². The maximum atomic E-state index is 6.34. The lowest BCUT2D eigenvalue weighted by molar-refractivity contribution is 0.579. The Morgan fingerprint density at radius 3 is 2.60 bits per heavy atom. The molecule has 25 heavy (non-hydrogen) atoms. The molecule has 4 rings (SSSR count). The molecule has 0 spiro atoms. The van der Waals surface area contributed by atoms with Gasteiger partial charge in [0.15, 0.2) is 5.82 Å². The van der Waals surface area contributed by atoms with Crippen molar-refractivity contribution in [1.82, 2.24) is 25.1 Å². The van der Waals surface area contributed by atoms with Crippen LogP contribution in [0, 0.1) is 0 Å². The molecule has 2 atom stereocenters. The molecule has 126 valence electrons. The van der Waals surface area contributed by atoms with Crippen LogP contribution in [-0.2, 0) is 0 Å². The highest BCUT2D eigenvalue weighted by Gasteiger charge is 2.22. The maximum absolute atomic E-state index is 6.34. The van der Waals surface area contributed by atoms with Crippen molar-refractivity contribution in [2.45, 2.75) is 19.0 Å². The Kier molecular flexibility index (Phi) is 4.00. The Labute approximate surface area is 148 Å². The zero-order valence-corrected chi connectivity index (χ0v) is 14.4. The molecule has 0 aliphatic rings. The summed E-state index contributed by atoms with van der Waals surface area (Å²) in [6, 6.07) is 3.17. The van der Waals surface area contributed by atoms with Crippen molar-refractivity contribution in [3.63, 3.8) is 0 Å². The Morgan fingerprint density at radius 1 is 1.12 bits per heavy atom. The van der Waals surface area contributed by atoms with E-state index in [1.165, 1.54) is 0 Å². The first-order chi connectivity index (χ1) is 12.1. The lowest BCUT2D eigenvalue weighted by atomic mass is 10.1. The van der Waals surface area contributed by atoms with Crippen LogP contribution >= 0.6 is 11.3 Å². The molecular weight excluding hydrogens is 334 g/mol. The molecule has 0 saturated heterocycles. The molecule has 2 unspecified atom stereocenters. The van der Waals surface area contributed by atoms with Crippen molar-refractivity contribution < 1.29 is 0 Å². The van der Waals surface area contributed by atoms with Gasteiger partial charge in [-0.15, -0.1) is 11.3 Å². The second-order valence-electron chi connectivity index (χ2n) is 5.87. The fraction of sp³-hybridized carbons (Fsp3) is 0.176. The van der Waals surface area contributed by atoms with Gasteiger partial charge in [-0.3, -0.25) is 10.1 Å². The minimum atomic E-state index is -0.373. The largest absolute Gasteiger partial charge is 0.326 e. The van der Waals surface area contributed by atoms with Gasteiger partial charge in [0.25, 0.3) is 0 Å². The lowest BCUT2D eigenvalue weighted by Crippen LogP contribution is -2.32. The molecule has 0 aliphatic carbocycles. The molecule has 0 aliphatic heterocycles. The van der Waals surface area contributed by atoms with Crippen LogP contribution in [0.1, 0.15) is 18.7 Å². The number of nitrogens with two attached hydrogens (primary N) is 2. The van der Waals surface area contributed by atoms with Crippen molar-refractivity contribution in [2.75, 3.05) is 0 Å². The Morgan fingerprint density at radius 2 is 1.92 bits per heavy atom. The Balaban J connectivity index is 1.99. The van der Waals surface area contributed by atoms with Crippen molar-refractivity contribution >= 4 is 21.6 Å². The van der Waals surface area contributed by atoms with Crippen molar-refractivity contribution in [3.8, 4) is 22.5 Å². The van der Waals surface area contributed by atoms with Crippen LogP contribution in [0.3, 0.4) is 0 Å². The number of H-pyrrole nitrogens is 1. The predicted molar refractivity (Wildman–Crippen MR) is 98.8 cm³/mol. The van der Waals surface area contributed by atoms with E-state index in [9.17, 15) is 0 Å². The van der Waals surface area contributed by atoms with E-state index in [1.54, 1.807) is 29.9 Å². The number of pyridine rings is 1. The third kappa shape index (κ3) is 2.80. The molecule has 0 amide bonds. The zero-order chi connectivity index (χ0) is 17.4. The fourth-order valence-corrected chi connectivity index (χ4v) is 3.70. The van der Waals surface area contributed by atoms with Crippen LogP contribution in [0.25, 0.3) is 32.7 Å². The van der Waals surface area contributed by atoms with Crippen molar-refractivity contribution in [1.29, 1.82) is 0 Å². The number of fused-ring (bicyclic) bond motifs is 1. The van der Waals surface area contributed by atoms with E-state index in [0.717, 1.165) is 32.6 Å². The minimum Gasteiger partial charge on any atom is -0.326 e. The van der Waals surface area contributed by atoms with Gasteiger partial charge in [0.2, 0.25) is 0 Å². The average molecular weight is 351 g/mol. The second-order valence-corrected chi connectivity index (χ2v) is 6.75. The van der Waals surface area contributed by atoms with Gasteiger partial charge in [-0.1, -0.05) is 0 Å². The number of thiophene rings is 1. The van der Waals surface area contributed by atoms with Gasteiger partial charge in [0.1, 0.15) is 0 Å². The maximum Gasteiger partial charge on any atom is 0.160 e. The number of hydrogen-bond acceptors (Lipinski definition) is 7. The van der Waals surface area contributed by atoms with Gasteiger partial charge in [0.05, 0.1) is 28.1 Å². The molecule has 7 nitrogen and oxygen atoms in total. The Bertz CT molecular complexity index is 993. The van der Waals surface area contributed by atoms with E-state index in [0.29, 0.717) is 5.82 Å². The fourth-order valence-electron chi connectivity index (χ4n) is 2.65. The summed E-state index contributed by atoms with van der Waals surface area (Å²) in [5.41, 5.74) is 16.9. The standard InChI is InChI=1S/C17H17N7S/c1-9(18)13(19)15-16-14(12(8-25-16)11-6-21-22-7-11)23-17(24-15)10-2-4-20-5-3-10/h2-9,13H,18-19H2,1H3,(H,21,22). The molecule has 4 heterocycles. The molecule has 4 aromatic rings. The molecule has 5 N–H and O–H groups in total. The number of aromatic amines is 1. The number of nitrogens with one attached hydrogen (secondary N) is 1.